The van der Waals surface area contributed by atoms with Crippen LogP contribution in [0.2, 0.25) is 0 Å². The molecule has 4 nitrogen and oxygen atoms in total. The Morgan fingerprint density at radius 1 is 0.923 bits per heavy atom. The van der Waals surface area contributed by atoms with E-state index in [-0.39, 0.29) is 11.9 Å². The lowest BCUT2D eigenvalue weighted by Crippen LogP contribution is -2.09. The van der Waals surface area contributed by atoms with E-state index in [0.29, 0.717) is 6.42 Å². The molecule has 2 N–H and O–H groups in total. The van der Waals surface area contributed by atoms with Gasteiger partial charge in [-0.05, 0) is 48.2 Å². The first-order valence-corrected chi connectivity index (χ1v) is 8.79. The molecule has 0 radical (unpaired) electrons. The number of carbonyl (C=O) groups excluding carboxylic acids is 1. The quantitative estimate of drug-likeness (QED) is 0.513. The Morgan fingerprint density at radius 2 is 1.42 bits per heavy atom. The van der Waals surface area contributed by atoms with E-state index in [1.807, 2.05) is 12.4 Å². The Bertz CT molecular complexity index is 1020. The van der Waals surface area contributed by atoms with E-state index in [0.717, 1.165) is 32.9 Å². The van der Waals surface area contributed by atoms with Crippen molar-refractivity contribution >= 4 is 27.8 Å². The van der Waals surface area contributed by atoms with E-state index < -0.39 is 0 Å². The van der Waals surface area contributed by atoms with Crippen molar-refractivity contribution in [1.29, 1.82) is 0 Å². The van der Waals surface area contributed by atoms with Crippen molar-refractivity contribution in [2.24, 2.45) is 0 Å². The van der Waals surface area contributed by atoms with Gasteiger partial charge in [0.2, 0.25) is 0 Å². The third-order valence-corrected chi connectivity index (χ3v) is 5.09. The summed E-state index contributed by atoms with van der Waals surface area (Å²) in [5, 5.41) is 2.29. The van der Waals surface area contributed by atoms with Gasteiger partial charge in [-0.1, -0.05) is 24.3 Å². The maximum Gasteiger partial charge on any atom is 0.306 e. The SMILES string of the molecule is COC(=O)CC(c1c[nH]c2cc(C)ccc12)c1c[nH]c2cc(C)ccc12. The van der Waals surface area contributed by atoms with Crippen molar-refractivity contribution in [1.82, 2.24) is 9.97 Å². The first kappa shape index (κ1) is 16.5. The number of fused-ring (bicyclic) bond motifs is 2. The number of aromatic nitrogens is 2. The lowest BCUT2D eigenvalue weighted by molar-refractivity contribution is -0.140. The van der Waals surface area contributed by atoms with Gasteiger partial charge in [-0.3, -0.25) is 4.79 Å². The molecule has 2 aromatic heterocycles. The van der Waals surface area contributed by atoms with Crippen LogP contribution in [0.25, 0.3) is 21.8 Å². The molecule has 0 aliphatic rings. The topological polar surface area (TPSA) is 57.9 Å². The van der Waals surface area contributed by atoms with Gasteiger partial charge in [-0.15, -0.1) is 0 Å². The second-order valence-corrected chi connectivity index (χ2v) is 6.92. The summed E-state index contributed by atoms with van der Waals surface area (Å²) in [5.74, 6) is -0.284. The van der Waals surface area contributed by atoms with Gasteiger partial charge in [-0.25, -0.2) is 0 Å². The van der Waals surface area contributed by atoms with Crippen LogP contribution in [0.1, 0.15) is 34.6 Å². The zero-order valence-corrected chi connectivity index (χ0v) is 15.2. The van der Waals surface area contributed by atoms with Gasteiger partial charge >= 0.3 is 5.97 Å². The predicted molar refractivity (Wildman–Crippen MR) is 105 cm³/mol. The lowest BCUT2D eigenvalue weighted by Gasteiger charge is -2.15. The van der Waals surface area contributed by atoms with Gasteiger partial charge in [0.15, 0.2) is 0 Å². The monoisotopic (exact) mass is 346 g/mol. The highest BCUT2D eigenvalue weighted by molar-refractivity contribution is 5.89. The zero-order chi connectivity index (χ0) is 18.3. The third kappa shape index (κ3) is 2.77. The molecular weight excluding hydrogens is 324 g/mol. The van der Waals surface area contributed by atoms with Crippen LogP contribution in [0, 0.1) is 13.8 Å². The van der Waals surface area contributed by atoms with Crippen molar-refractivity contribution < 1.29 is 9.53 Å². The highest BCUT2D eigenvalue weighted by Gasteiger charge is 2.24. The molecule has 0 fully saturated rings. The van der Waals surface area contributed by atoms with Crippen LogP contribution >= 0.6 is 0 Å². The maximum absolute atomic E-state index is 12.2. The molecule has 4 heteroatoms. The van der Waals surface area contributed by atoms with Crippen LogP contribution in [0.3, 0.4) is 0 Å². The number of methoxy groups -OCH3 is 1. The normalized spacial score (nSPS) is 11.5. The number of esters is 1. The van der Waals surface area contributed by atoms with Crippen molar-refractivity contribution in [3.8, 4) is 0 Å². The number of aromatic amines is 2. The van der Waals surface area contributed by atoms with Crippen LogP contribution in [0.4, 0.5) is 0 Å². The molecule has 4 rings (SSSR count). The molecule has 2 heterocycles. The summed E-state index contributed by atoms with van der Waals surface area (Å²) in [6.45, 7) is 4.15. The minimum atomic E-state index is -0.210. The number of carbonyl (C=O) groups is 1. The smallest absolute Gasteiger partial charge is 0.306 e. The molecule has 0 unspecified atom stereocenters. The molecule has 0 saturated heterocycles. The number of H-pyrrole nitrogens is 2. The summed E-state index contributed by atoms with van der Waals surface area (Å²) in [6.07, 6.45) is 4.34. The molecule has 0 saturated carbocycles. The minimum Gasteiger partial charge on any atom is -0.469 e. The van der Waals surface area contributed by atoms with Crippen LogP contribution in [-0.2, 0) is 9.53 Å². The van der Waals surface area contributed by atoms with Crippen LogP contribution < -0.4 is 0 Å². The molecule has 0 bridgehead atoms. The lowest BCUT2D eigenvalue weighted by atomic mass is 9.88. The highest BCUT2D eigenvalue weighted by Crippen LogP contribution is 2.37. The number of hydrogen-bond donors (Lipinski definition) is 2. The Kier molecular flexibility index (Phi) is 4.03. The molecule has 26 heavy (non-hydrogen) atoms. The van der Waals surface area contributed by atoms with Gasteiger partial charge in [0.25, 0.3) is 0 Å². The number of hydrogen-bond acceptors (Lipinski definition) is 2. The summed E-state index contributed by atoms with van der Waals surface area (Å²) in [6, 6.07) is 12.7. The summed E-state index contributed by atoms with van der Waals surface area (Å²) >= 11 is 0. The Balaban J connectivity index is 1.89. The predicted octanol–water partition coefficient (Wildman–Crippen LogP) is 4.96. The standard InChI is InChI=1S/C22H22N2O2/c1-13-4-6-15-18(11-23-20(15)8-13)17(10-22(25)26-3)19-12-24-21-9-14(2)5-7-16(19)21/h4-9,11-12,17,23-24H,10H2,1-3H3. The molecule has 0 aliphatic carbocycles. The fraction of sp³-hybridized carbons (Fsp3) is 0.227. The number of nitrogens with one attached hydrogen (secondary N) is 2. The maximum atomic E-state index is 12.2. The Hall–Kier alpha value is -3.01. The van der Waals surface area contributed by atoms with Crippen LogP contribution in [0.5, 0.6) is 0 Å². The number of benzene rings is 2. The summed E-state index contributed by atoms with van der Waals surface area (Å²) in [7, 11) is 1.44. The van der Waals surface area contributed by atoms with E-state index >= 15 is 0 Å². The second kappa shape index (κ2) is 6.37. The summed E-state index contributed by atoms with van der Waals surface area (Å²) < 4.78 is 4.98. The van der Waals surface area contributed by atoms with Gasteiger partial charge < -0.3 is 14.7 Å². The Labute approximate surface area is 152 Å². The average Bonchev–Trinajstić information content (AvgIpc) is 3.22. The zero-order valence-electron chi connectivity index (χ0n) is 15.2. The highest BCUT2D eigenvalue weighted by atomic mass is 16.5. The molecule has 132 valence electrons. The van der Waals surface area contributed by atoms with Crippen LogP contribution in [-0.4, -0.2) is 23.0 Å². The van der Waals surface area contributed by atoms with Crippen molar-refractivity contribution in [2.75, 3.05) is 7.11 Å². The third-order valence-electron chi connectivity index (χ3n) is 5.09. The molecule has 2 aromatic carbocycles. The first-order valence-electron chi connectivity index (χ1n) is 8.79. The Morgan fingerprint density at radius 3 is 1.88 bits per heavy atom. The van der Waals surface area contributed by atoms with Crippen molar-refractivity contribution in [3.63, 3.8) is 0 Å². The number of rotatable bonds is 4. The molecule has 0 atom stereocenters. The fourth-order valence-electron chi connectivity index (χ4n) is 3.74. The molecular formula is C22H22N2O2. The summed E-state index contributed by atoms with van der Waals surface area (Å²) in [5.41, 5.74) is 6.82. The van der Waals surface area contributed by atoms with Gasteiger partial charge in [-0.2, -0.15) is 0 Å². The van der Waals surface area contributed by atoms with E-state index in [1.54, 1.807) is 0 Å². The summed E-state index contributed by atoms with van der Waals surface area (Å²) in [4.78, 5) is 18.9. The molecule has 4 aromatic rings. The van der Waals surface area contributed by atoms with Crippen molar-refractivity contribution in [3.05, 3.63) is 71.0 Å². The van der Waals surface area contributed by atoms with Gasteiger partial charge in [0.1, 0.15) is 0 Å². The first-order chi connectivity index (χ1) is 12.6. The van der Waals surface area contributed by atoms with Crippen molar-refractivity contribution in [2.45, 2.75) is 26.2 Å². The molecule has 0 aliphatic heterocycles. The van der Waals surface area contributed by atoms with Gasteiger partial charge in [0, 0.05) is 40.1 Å². The van der Waals surface area contributed by atoms with E-state index in [9.17, 15) is 4.79 Å². The fourth-order valence-corrected chi connectivity index (χ4v) is 3.74. The number of ether oxygens (including phenoxy) is 1. The van der Waals surface area contributed by atoms with E-state index in [2.05, 4.69) is 60.2 Å². The minimum absolute atomic E-state index is 0.0737. The van der Waals surface area contributed by atoms with Gasteiger partial charge in [0.05, 0.1) is 13.5 Å². The second-order valence-electron chi connectivity index (χ2n) is 6.92. The molecule has 0 spiro atoms. The number of aryl methyl sites for hydroxylation is 2. The largest absolute Gasteiger partial charge is 0.469 e. The molecule has 0 amide bonds. The average molecular weight is 346 g/mol. The van der Waals surface area contributed by atoms with E-state index in [1.165, 1.54) is 18.2 Å². The van der Waals surface area contributed by atoms with Crippen LogP contribution in [0.15, 0.2) is 48.8 Å². The van der Waals surface area contributed by atoms with E-state index in [4.69, 9.17) is 4.74 Å².